The Hall–Kier alpha value is -1.40. The average Bonchev–Trinajstić information content (AvgIpc) is 2.83. The smallest absolute Gasteiger partial charge is 0.324 e. The van der Waals surface area contributed by atoms with Crippen molar-refractivity contribution in [3.05, 3.63) is 29.8 Å². The van der Waals surface area contributed by atoms with Crippen molar-refractivity contribution < 1.29 is 18.3 Å². The van der Waals surface area contributed by atoms with Crippen LogP contribution in [-0.4, -0.2) is 35.9 Å². The Morgan fingerprint density at radius 1 is 1.40 bits per heavy atom. The van der Waals surface area contributed by atoms with Crippen molar-refractivity contribution in [2.45, 2.75) is 43.5 Å². The van der Waals surface area contributed by atoms with Crippen LogP contribution in [0.1, 0.15) is 32.3 Å². The number of benzene rings is 1. The van der Waals surface area contributed by atoms with Gasteiger partial charge in [-0.05, 0) is 37.8 Å². The fraction of sp³-hybridized carbons (Fsp3) is 0.500. The Morgan fingerprint density at radius 2 is 2.05 bits per heavy atom. The van der Waals surface area contributed by atoms with Crippen LogP contribution in [0.4, 0.5) is 0 Å². The highest BCUT2D eigenvalue weighted by Gasteiger charge is 2.50. The molecule has 1 aliphatic heterocycles. The second kappa shape index (κ2) is 5.18. The Kier molecular flexibility index (Phi) is 3.88. The predicted molar refractivity (Wildman–Crippen MR) is 75.0 cm³/mol. The lowest BCUT2D eigenvalue weighted by molar-refractivity contribution is -0.146. The maximum Gasteiger partial charge on any atom is 0.324 e. The molecule has 1 fully saturated rings. The van der Waals surface area contributed by atoms with Crippen LogP contribution in [0.2, 0.25) is 0 Å². The summed E-state index contributed by atoms with van der Waals surface area (Å²) >= 11 is 0. The first-order valence-corrected chi connectivity index (χ1v) is 8.12. The van der Waals surface area contributed by atoms with Crippen molar-refractivity contribution in [3.8, 4) is 0 Å². The summed E-state index contributed by atoms with van der Waals surface area (Å²) in [6.45, 7) is 3.62. The van der Waals surface area contributed by atoms with E-state index in [0.717, 1.165) is 4.31 Å². The molecule has 1 aromatic rings. The molecule has 1 heterocycles. The number of aryl methyl sites for hydroxylation is 1. The summed E-state index contributed by atoms with van der Waals surface area (Å²) in [4.78, 5) is 11.7. The first-order chi connectivity index (χ1) is 9.34. The van der Waals surface area contributed by atoms with Gasteiger partial charge in [0.1, 0.15) is 5.54 Å². The van der Waals surface area contributed by atoms with Crippen molar-refractivity contribution in [3.63, 3.8) is 0 Å². The molecule has 1 aromatic carbocycles. The highest BCUT2D eigenvalue weighted by molar-refractivity contribution is 7.89. The van der Waals surface area contributed by atoms with Gasteiger partial charge in [0.15, 0.2) is 0 Å². The van der Waals surface area contributed by atoms with Gasteiger partial charge < -0.3 is 5.11 Å². The molecule has 1 aliphatic rings. The number of nitrogens with zero attached hydrogens (tertiary/aromatic N) is 1. The molecule has 0 aromatic heterocycles. The molecule has 20 heavy (non-hydrogen) atoms. The number of aliphatic carboxylic acids is 1. The standard InChI is InChI=1S/C14H19NO4S/c1-3-11-7-4-5-8-12(11)20(18,19)15-10-6-9-14(15,2)13(16)17/h4-5,7-8H,3,6,9-10H2,1-2H3,(H,16,17)/t14-/m0/s1. The van der Waals surface area contributed by atoms with Crippen molar-refractivity contribution in [1.29, 1.82) is 0 Å². The molecule has 5 nitrogen and oxygen atoms in total. The molecule has 0 bridgehead atoms. The highest BCUT2D eigenvalue weighted by Crippen LogP contribution is 2.35. The number of carboxylic acid groups (broad SMARTS) is 1. The number of carbonyl (C=O) groups is 1. The number of sulfonamides is 1. The first kappa shape index (κ1) is 15.0. The maximum absolute atomic E-state index is 12.8. The normalized spacial score (nSPS) is 23.9. The summed E-state index contributed by atoms with van der Waals surface area (Å²) in [7, 11) is -3.78. The lowest BCUT2D eigenvalue weighted by Crippen LogP contribution is -2.50. The molecule has 1 saturated heterocycles. The molecule has 1 N–H and O–H groups in total. The number of hydrogen-bond donors (Lipinski definition) is 1. The zero-order valence-corrected chi connectivity index (χ0v) is 12.5. The Bertz CT molecular complexity index is 626. The Labute approximate surface area is 119 Å². The predicted octanol–water partition coefficient (Wildman–Crippen LogP) is 1.88. The largest absolute Gasteiger partial charge is 0.480 e. The van der Waals surface area contributed by atoms with E-state index < -0.39 is 21.5 Å². The molecule has 6 heteroatoms. The third-order valence-corrected chi connectivity index (χ3v) is 6.08. The summed E-state index contributed by atoms with van der Waals surface area (Å²) in [5.74, 6) is -1.09. The van der Waals surface area contributed by atoms with E-state index in [4.69, 9.17) is 0 Å². The molecule has 110 valence electrons. The highest BCUT2D eigenvalue weighted by atomic mass is 32.2. The van der Waals surface area contributed by atoms with Crippen LogP contribution in [0, 0.1) is 0 Å². The van der Waals surface area contributed by atoms with Crippen LogP contribution in [-0.2, 0) is 21.2 Å². The molecule has 0 aliphatic carbocycles. The Balaban J connectivity index is 2.53. The van der Waals surface area contributed by atoms with Gasteiger partial charge in [-0.3, -0.25) is 4.79 Å². The Morgan fingerprint density at radius 3 is 2.65 bits per heavy atom. The van der Waals surface area contributed by atoms with Crippen LogP contribution in [0.15, 0.2) is 29.2 Å². The summed E-state index contributed by atoms with van der Waals surface area (Å²) in [6.07, 6.45) is 1.50. The van der Waals surface area contributed by atoms with Crippen LogP contribution in [0.5, 0.6) is 0 Å². The quantitative estimate of drug-likeness (QED) is 0.920. The summed E-state index contributed by atoms with van der Waals surface area (Å²) < 4.78 is 26.7. The summed E-state index contributed by atoms with van der Waals surface area (Å²) in [6, 6.07) is 6.77. The number of hydrogen-bond acceptors (Lipinski definition) is 3. The molecule has 2 rings (SSSR count). The fourth-order valence-corrected chi connectivity index (χ4v) is 4.80. The number of rotatable bonds is 4. The monoisotopic (exact) mass is 297 g/mol. The molecule has 0 unspecified atom stereocenters. The van der Waals surface area contributed by atoms with E-state index >= 15 is 0 Å². The zero-order chi connectivity index (χ0) is 15.0. The van der Waals surface area contributed by atoms with Gasteiger partial charge in [0.2, 0.25) is 10.0 Å². The van der Waals surface area contributed by atoms with E-state index in [1.54, 1.807) is 24.3 Å². The zero-order valence-electron chi connectivity index (χ0n) is 11.7. The lowest BCUT2D eigenvalue weighted by atomic mass is 10.0. The minimum absolute atomic E-state index is 0.219. The van der Waals surface area contributed by atoms with Gasteiger partial charge >= 0.3 is 5.97 Å². The molecule has 1 atom stereocenters. The van der Waals surface area contributed by atoms with Crippen molar-refractivity contribution >= 4 is 16.0 Å². The van der Waals surface area contributed by atoms with Gasteiger partial charge in [-0.15, -0.1) is 0 Å². The molecule has 0 amide bonds. The maximum atomic E-state index is 12.8. The van der Waals surface area contributed by atoms with Gasteiger partial charge in [0.25, 0.3) is 0 Å². The molecular weight excluding hydrogens is 278 g/mol. The first-order valence-electron chi connectivity index (χ1n) is 6.68. The third kappa shape index (κ3) is 2.23. The van der Waals surface area contributed by atoms with Crippen molar-refractivity contribution in [2.75, 3.05) is 6.54 Å². The second-order valence-electron chi connectivity index (χ2n) is 5.22. The van der Waals surface area contributed by atoms with E-state index in [1.807, 2.05) is 6.92 Å². The SMILES string of the molecule is CCc1ccccc1S(=O)(=O)N1CCC[C@@]1(C)C(=O)O. The summed E-state index contributed by atoms with van der Waals surface area (Å²) in [5.41, 5.74) is -0.633. The molecule has 0 radical (unpaired) electrons. The third-order valence-electron chi connectivity index (χ3n) is 3.96. The van der Waals surface area contributed by atoms with E-state index in [2.05, 4.69) is 0 Å². The topological polar surface area (TPSA) is 74.7 Å². The lowest BCUT2D eigenvalue weighted by Gasteiger charge is -2.30. The van der Waals surface area contributed by atoms with Crippen LogP contribution in [0.3, 0.4) is 0 Å². The van der Waals surface area contributed by atoms with Crippen molar-refractivity contribution in [1.82, 2.24) is 4.31 Å². The van der Waals surface area contributed by atoms with E-state index in [-0.39, 0.29) is 11.4 Å². The molecular formula is C14H19NO4S. The van der Waals surface area contributed by atoms with E-state index in [0.29, 0.717) is 24.8 Å². The molecule has 0 saturated carbocycles. The van der Waals surface area contributed by atoms with Gasteiger partial charge in [-0.2, -0.15) is 4.31 Å². The van der Waals surface area contributed by atoms with Gasteiger partial charge in [0, 0.05) is 6.54 Å². The van der Waals surface area contributed by atoms with Crippen molar-refractivity contribution in [2.24, 2.45) is 0 Å². The van der Waals surface area contributed by atoms with Gasteiger partial charge in [0.05, 0.1) is 4.90 Å². The van der Waals surface area contributed by atoms with E-state index in [9.17, 15) is 18.3 Å². The summed E-state index contributed by atoms with van der Waals surface area (Å²) in [5, 5.41) is 9.37. The van der Waals surface area contributed by atoms with Crippen LogP contribution >= 0.6 is 0 Å². The van der Waals surface area contributed by atoms with Crippen LogP contribution < -0.4 is 0 Å². The van der Waals surface area contributed by atoms with Crippen LogP contribution in [0.25, 0.3) is 0 Å². The minimum Gasteiger partial charge on any atom is -0.480 e. The van der Waals surface area contributed by atoms with Gasteiger partial charge in [-0.1, -0.05) is 25.1 Å². The fourth-order valence-electron chi connectivity index (χ4n) is 2.70. The second-order valence-corrected chi connectivity index (χ2v) is 7.05. The van der Waals surface area contributed by atoms with Gasteiger partial charge in [-0.25, -0.2) is 8.42 Å². The van der Waals surface area contributed by atoms with E-state index in [1.165, 1.54) is 6.92 Å². The molecule has 0 spiro atoms. The minimum atomic E-state index is -3.78. The average molecular weight is 297 g/mol. The number of carboxylic acids is 1.